The van der Waals surface area contributed by atoms with E-state index in [9.17, 15) is 0 Å². The SMILES string of the molecule is CCC1CCC(CNC)C(CCCC(C)C)C1. The summed E-state index contributed by atoms with van der Waals surface area (Å²) in [4.78, 5) is 0. The van der Waals surface area contributed by atoms with Crippen molar-refractivity contribution < 1.29 is 0 Å². The first-order valence-electron chi connectivity index (χ1n) is 7.81. The second-order valence-corrected chi connectivity index (χ2v) is 6.49. The van der Waals surface area contributed by atoms with Gasteiger partial charge in [-0.2, -0.15) is 0 Å². The molecule has 0 bridgehead atoms. The van der Waals surface area contributed by atoms with Crippen molar-refractivity contribution in [3.63, 3.8) is 0 Å². The van der Waals surface area contributed by atoms with E-state index < -0.39 is 0 Å². The Morgan fingerprint density at radius 2 is 1.94 bits per heavy atom. The van der Waals surface area contributed by atoms with E-state index in [1.165, 1.54) is 51.5 Å². The van der Waals surface area contributed by atoms with Gasteiger partial charge in [0.2, 0.25) is 0 Å². The van der Waals surface area contributed by atoms with Crippen LogP contribution < -0.4 is 5.32 Å². The third-order valence-corrected chi connectivity index (χ3v) is 4.65. The van der Waals surface area contributed by atoms with Gasteiger partial charge in [0.1, 0.15) is 0 Å². The Hall–Kier alpha value is -0.0400. The predicted octanol–water partition coefficient (Wildman–Crippen LogP) is 4.47. The molecule has 0 amide bonds. The molecule has 1 aliphatic rings. The third kappa shape index (κ3) is 5.42. The van der Waals surface area contributed by atoms with Crippen molar-refractivity contribution in [2.45, 2.75) is 65.7 Å². The Kier molecular flexibility index (Phi) is 7.18. The third-order valence-electron chi connectivity index (χ3n) is 4.65. The first-order chi connectivity index (χ1) is 8.17. The summed E-state index contributed by atoms with van der Waals surface area (Å²) in [5, 5.41) is 3.40. The number of nitrogens with one attached hydrogen (secondary N) is 1. The van der Waals surface area contributed by atoms with Crippen LogP contribution in [0.1, 0.15) is 65.7 Å². The molecule has 1 heteroatoms. The van der Waals surface area contributed by atoms with E-state index in [-0.39, 0.29) is 0 Å². The van der Waals surface area contributed by atoms with Crippen molar-refractivity contribution in [3.8, 4) is 0 Å². The Morgan fingerprint density at radius 3 is 2.53 bits per heavy atom. The van der Waals surface area contributed by atoms with Gasteiger partial charge < -0.3 is 5.32 Å². The molecule has 3 atom stereocenters. The maximum atomic E-state index is 3.40. The summed E-state index contributed by atoms with van der Waals surface area (Å²) in [6.07, 6.45) is 10.2. The summed E-state index contributed by atoms with van der Waals surface area (Å²) in [5.41, 5.74) is 0. The summed E-state index contributed by atoms with van der Waals surface area (Å²) >= 11 is 0. The molecule has 0 saturated heterocycles. The van der Waals surface area contributed by atoms with Crippen LogP contribution in [-0.2, 0) is 0 Å². The van der Waals surface area contributed by atoms with Gasteiger partial charge in [-0.25, -0.2) is 0 Å². The maximum Gasteiger partial charge on any atom is -0.00209 e. The van der Waals surface area contributed by atoms with Gasteiger partial charge in [-0.05, 0) is 50.1 Å². The first kappa shape index (κ1) is 15.0. The zero-order valence-corrected chi connectivity index (χ0v) is 12.5. The molecule has 1 fully saturated rings. The predicted molar refractivity (Wildman–Crippen MR) is 77.2 cm³/mol. The minimum absolute atomic E-state index is 0.878. The minimum Gasteiger partial charge on any atom is -0.319 e. The molecular weight excluding hydrogens is 206 g/mol. The quantitative estimate of drug-likeness (QED) is 0.691. The number of rotatable bonds is 7. The molecule has 0 aromatic rings. The van der Waals surface area contributed by atoms with Crippen LogP contribution in [0.25, 0.3) is 0 Å². The van der Waals surface area contributed by atoms with Crippen molar-refractivity contribution >= 4 is 0 Å². The van der Waals surface area contributed by atoms with Crippen LogP contribution in [0, 0.1) is 23.7 Å². The summed E-state index contributed by atoms with van der Waals surface area (Å²) < 4.78 is 0. The van der Waals surface area contributed by atoms with E-state index >= 15 is 0 Å². The molecule has 0 aromatic heterocycles. The monoisotopic (exact) mass is 239 g/mol. The molecule has 0 aliphatic heterocycles. The molecule has 1 aliphatic carbocycles. The zero-order valence-electron chi connectivity index (χ0n) is 12.5. The fourth-order valence-electron chi connectivity index (χ4n) is 3.47. The lowest BCUT2D eigenvalue weighted by molar-refractivity contribution is 0.161. The second-order valence-electron chi connectivity index (χ2n) is 6.49. The Balaban J connectivity index is 2.37. The van der Waals surface area contributed by atoms with E-state index in [0.717, 1.165) is 23.7 Å². The topological polar surface area (TPSA) is 12.0 Å². The van der Waals surface area contributed by atoms with Crippen molar-refractivity contribution in [2.75, 3.05) is 13.6 Å². The molecule has 1 nitrogen and oxygen atoms in total. The molecule has 1 saturated carbocycles. The van der Waals surface area contributed by atoms with Crippen LogP contribution in [0.4, 0.5) is 0 Å². The van der Waals surface area contributed by atoms with Crippen molar-refractivity contribution in [1.82, 2.24) is 5.32 Å². The van der Waals surface area contributed by atoms with Crippen LogP contribution in [0.3, 0.4) is 0 Å². The van der Waals surface area contributed by atoms with E-state index in [0.29, 0.717) is 0 Å². The molecule has 1 rings (SSSR count). The average Bonchev–Trinajstić information content (AvgIpc) is 2.31. The summed E-state index contributed by atoms with van der Waals surface area (Å²) in [7, 11) is 2.11. The van der Waals surface area contributed by atoms with Gasteiger partial charge in [0.25, 0.3) is 0 Å². The van der Waals surface area contributed by atoms with E-state index in [1.807, 2.05) is 0 Å². The zero-order chi connectivity index (χ0) is 12.7. The molecule has 0 heterocycles. The highest BCUT2D eigenvalue weighted by Crippen LogP contribution is 2.38. The average molecular weight is 239 g/mol. The normalized spacial score (nSPS) is 29.8. The Morgan fingerprint density at radius 1 is 1.18 bits per heavy atom. The molecule has 17 heavy (non-hydrogen) atoms. The summed E-state index contributed by atoms with van der Waals surface area (Å²) in [6.45, 7) is 8.30. The van der Waals surface area contributed by atoms with Crippen LogP contribution in [0.15, 0.2) is 0 Å². The Bertz CT molecular complexity index is 188. The van der Waals surface area contributed by atoms with E-state index in [1.54, 1.807) is 0 Å². The smallest absolute Gasteiger partial charge is 0.00209 e. The Labute approximate surface area is 109 Å². The molecule has 1 N–H and O–H groups in total. The van der Waals surface area contributed by atoms with Gasteiger partial charge in [-0.15, -0.1) is 0 Å². The number of hydrogen-bond donors (Lipinski definition) is 1. The van der Waals surface area contributed by atoms with Crippen molar-refractivity contribution in [3.05, 3.63) is 0 Å². The minimum atomic E-state index is 0.878. The van der Waals surface area contributed by atoms with Crippen molar-refractivity contribution in [1.29, 1.82) is 0 Å². The lowest BCUT2D eigenvalue weighted by atomic mass is 9.71. The highest BCUT2D eigenvalue weighted by Gasteiger charge is 2.28. The molecule has 0 spiro atoms. The van der Waals surface area contributed by atoms with Crippen LogP contribution in [0.2, 0.25) is 0 Å². The van der Waals surface area contributed by atoms with Gasteiger partial charge in [0.15, 0.2) is 0 Å². The van der Waals surface area contributed by atoms with Gasteiger partial charge in [0, 0.05) is 0 Å². The lowest BCUT2D eigenvalue weighted by Crippen LogP contribution is -2.31. The highest BCUT2D eigenvalue weighted by atomic mass is 14.8. The van der Waals surface area contributed by atoms with Crippen molar-refractivity contribution in [2.24, 2.45) is 23.7 Å². The molecule has 0 aromatic carbocycles. The standard InChI is InChI=1S/C16H33N/c1-5-14-9-10-16(12-17-4)15(11-14)8-6-7-13(2)3/h13-17H,5-12H2,1-4H3. The molecule has 0 radical (unpaired) electrons. The van der Waals surface area contributed by atoms with Gasteiger partial charge >= 0.3 is 0 Å². The molecular formula is C16H33N. The van der Waals surface area contributed by atoms with Crippen LogP contribution >= 0.6 is 0 Å². The summed E-state index contributed by atoms with van der Waals surface area (Å²) in [6, 6.07) is 0. The van der Waals surface area contributed by atoms with Gasteiger partial charge in [0.05, 0.1) is 0 Å². The molecule has 3 unspecified atom stereocenters. The van der Waals surface area contributed by atoms with Gasteiger partial charge in [-0.1, -0.05) is 52.9 Å². The largest absolute Gasteiger partial charge is 0.319 e. The molecule has 102 valence electrons. The van der Waals surface area contributed by atoms with Gasteiger partial charge in [-0.3, -0.25) is 0 Å². The fraction of sp³-hybridized carbons (Fsp3) is 1.00. The summed E-state index contributed by atoms with van der Waals surface area (Å²) in [5.74, 6) is 3.85. The van der Waals surface area contributed by atoms with E-state index in [2.05, 4.69) is 33.1 Å². The fourth-order valence-corrected chi connectivity index (χ4v) is 3.47. The van der Waals surface area contributed by atoms with Crippen LogP contribution in [0.5, 0.6) is 0 Å². The van der Waals surface area contributed by atoms with Crippen LogP contribution in [-0.4, -0.2) is 13.6 Å². The highest BCUT2D eigenvalue weighted by molar-refractivity contribution is 4.81. The second kappa shape index (κ2) is 8.13. The number of hydrogen-bond acceptors (Lipinski definition) is 1. The lowest BCUT2D eigenvalue weighted by Gasteiger charge is -2.36. The first-order valence-corrected chi connectivity index (χ1v) is 7.81. The van der Waals surface area contributed by atoms with E-state index in [4.69, 9.17) is 0 Å². The maximum absolute atomic E-state index is 3.40.